The number of rotatable bonds is 6. The van der Waals surface area contributed by atoms with Crippen molar-refractivity contribution in [3.63, 3.8) is 0 Å². The lowest BCUT2D eigenvalue weighted by atomic mass is 10.00. The molecule has 0 unspecified atom stereocenters. The Kier molecular flexibility index (Phi) is 6.39. The van der Waals surface area contributed by atoms with Gasteiger partial charge in [-0.2, -0.15) is 13.2 Å². The number of carbonyl (C=O) groups excluding carboxylic acids is 1. The Bertz CT molecular complexity index is 1130. The minimum Gasteiger partial charge on any atom is -0.481 e. The molecular weight excluding hydrogens is 414 g/mol. The Labute approximate surface area is 175 Å². The molecule has 0 saturated carbocycles. The van der Waals surface area contributed by atoms with Gasteiger partial charge in [0.1, 0.15) is 5.82 Å². The molecule has 31 heavy (non-hydrogen) atoms. The molecule has 0 fully saturated rings. The highest BCUT2D eigenvalue weighted by Gasteiger charge is 2.31. The van der Waals surface area contributed by atoms with Gasteiger partial charge in [0.05, 0.1) is 17.5 Å². The molecule has 3 aromatic rings. The van der Waals surface area contributed by atoms with Crippen molar-refractivity contribution in [1.29, 1.82) is 0 Å². The highest BCUT2D eigenvalue weighted by Crippen LogP contribution is 2.30. The first-order valence-electron chi connectivity index (χ1n) is 9.18. The van der Waals surface area contributed by atoms with E-state index in [0.29, 0.717) is 23.3 Å². The Morgan fingerprint density at radius 1 is 0.871 bits per heavy atom. The average Bonchev–Trinajstić information content (AvgIpc) is 2.71. The van der Waals surface area contributed by atoms with Gasteiger partial charge in [-0.1, -0.05) is 42.5 Å². The maximum atomic E-state index is 14.0. The molecule has 3 aromatic carbocycles. The topological polar surface area (TPSA) is 66.4 Å². The van der Waals surface area contributed by atoms with Gasteiger partial charge in [0.15, 0.2) is 0 Å². The van der Waals surface area contributed by atoms with Crippen molar-refractivity contribution >= 4 is 11.9 Å². The second-order valence-corrected chi connectivity index (χ2v) is 6.85. The average molecular weight is 431 g/mol. The van der Waals surface area contributed by atoms with E-state index in [1.54, 1.807) is 36.4 Å². The van der Waals surface area contributed by atoms with Crippen LogP contribution in [0.2, 0.25) is 0 Å². The summed E-state index contributed by atoms with van der Waals surface area (Å²) in [4.78, 5) is 23.1. The third-order valence-corrected chi connectivity index (χ3v) is 4.54. The Morgan fingerprint density at radius 3 is 2.06 bits per heavy atom. The summed E-state index contributed by atoms with van der Waals surface area (Å²) < 4.78 is 51.9. The van der Waals surface area contributed by atoms with E-state index in [0.717, 1.165) is 17.2 Å². The van der Waals surface area contributed by atoms with Crippen LogP contribution in [0.5, 0.6) is 0 Å². The molecule has 0 saturated heterocycles. The van der Waals surface area contributed by atoms with E-state index in [2.05, 4.69) is 5.32 Å². The second kappa shape index (κ2) is 8.99. The largest absolute Gasteiger partial charge is 0.481 e. The van der Waals surface area contributed by atoms with Gasteiger partial charge in [-0.25, -0.2) is 4.39 Å². The highest BCUT2D eigenvalue weighted by molar-refractivity contribution is 5.94. The van der Waals surface area contributed by atoms with Crippen molar-refractivity contribution < 1.29 is 32.3 Å². The SMILES string of the molecule is O=C(O)Cc1cccc(-c2cccc(CNC(=O)c3ccc(C(F)(F)F)cc3F)c2)c1. The number of amides is 1. The van der Waals surface area contributed by atoms with Gasteiger partial charge in [-0.15, -0.1) is 0 Å². The number of alkyl halides is 3. The fraction of sp³-hybridized carbons (Fsp3) is 0.130. The van der Waals surface area contributed by atoms with Crippen molar-refractivity contribution in [3.05, 3.63) is 94.8 Å². The van der Waals surface area contributed by atoms with Gasteiger partial charge in [-0.05, 0) is 46.5 Å². The normalized spacial score (nSPS) is 11.2. The Balaban J connectivity index is 1.72. The van der Waals surface area contributed by atoms with Crippen LogP contribution in [0.3, 0.4) is 0 Å². The first kappa shape index (κ1) is 22.0. The van der Waals surface area contributed by atoms with Gasteiger partial charge in [0, 0.05) is 6.54 Å². The number of carboxylic acids is 1. The lowest BCUT2D eigenvalue weighted by molar-refractivity contribution is -0.138. The summed E-state index contributed by atoms with van der Waals surface area (Å²) in [6.45, 7) is 0.0297. The van der Waals surface area contributed by atoms with Crippen molar-refractivity contribution in [2.24, 2.45) is 0 Å². The zero-order valence-corrected chi connectivity index (χ0v) is 16.0. The van der Waals surface area contributed by atoms with Gasteiger partial charge in [0.25, 0.3) is 5.91 Å². The summed E-state index contributed by atoms with van der Waals surface area (Å²) in [6, 6.07) is 15.9. The first-order valence-corrected chi connectivity index (χ1v) is 9.18. The number of hydrogen-bond donors (Lipinski definition) is 2. The van der Waals surface area contributed by atoms with Crippen LogP contribution < -0.4 is 5.32 Å². The van der Waals surface area contributed by atoms with Crippen molar-refractivity contribution in [1.82, 2.24) is 5.32 Å². The van der Waals surface area contributed by atoms with E-state index < -0.39 is 35.0 Å². The molecule has 0 aliphatic carbocycles. The smallest absolute Gasteiger partial charge is 0.416 e. The third kappa shape index (κ3) is 5.69. The summed E-state index contributed by atoms with van der Waals surface area (Å²) >= 11 is 0. The van der Waals surface area contributed by atoms with Crippen molar-refractivity contribution in [2.45, 2.75) is 19.1 Å². The van der Waals surface area contributed by atoms with Crippen LogP contribution >= 0.6 is 0 Å². The lowest BCUT2D eigenvalue weighted by Crippen LogP contribution is -2.24. The highest BCUT2D eigenvalue weighted by atomic mass is 19.4. The fourth-order valence-electron chi connectivity index (χ4n) is 3.05. The lowest BCUT2D eigenvalue weighted by Gasteiger charge is -2.11. The Hall–Kier alpha value is -3.68. The van der Waals surface area contributed by atoms with E-state index >= 15 is 0 Å². The monoisotopic (exact) mass is 431 g/mol. The van der Waals surface area contributed by atoms with Crippen LogP contribution in [0.4, 0.5) is 17.6 Å². The number of aliphatic carboxylic acids is 1. The van der Waals surface area contributed by atoms with E-state index in [9.17, 15) is 27.2 Å². The number of benzene rings is 3. The standard InChI is InChI=1S/C23H17F4NO3/c24-20-12-18(23(25,26)27)7-8-19(20)22(31)28-13-15-4-2-6-17(10-15)16-5-1-3-14(9-16)11-21(29)30/h1-10,12H,11,13H2,(H,28,31)(H,29,30). The molecule has 3 rings (SSSR count). The minimum absolute atomic E-state index is 0.0297. The van der Waals surface area contributed by atoms with Crippen LogP contribution in [0, 0.1) is 5.82 Å². The number of carboxylic acid groups (broad SMARTS) is 1. The molecule has 0 radical (unpaired) electrons. The third-order valence-electron chi connectivity index (χ3n) is 4.54. The molecule has 8 heteroatoms. The number of carbonyl (C=O) groups is 2. The van der Waals surface area contributed by atoms with Gasteiger partial charge < -0.3 is 10.4 Å². The van der Waals surface area contributed by atoms with Crippen LogP contribution in [0.1, 0.15) is 27.0 Å². The first-order chi connectivity index (χ1) is 14.6. The van der Waals surface area contributed by atoms with E-state index in [1.165, 1.54) is 0 Å². The molecule has 4 nitrogen and oxygen atoms in total. The maximum absolute atomic E-state index is 14.0. The van der Waals surface area contributed by atoms with E-state index in [-0.39, 0.29) is 13.0 Å². The van der Waals surface area contributed by atoms with Crippen LogP contribution in [-0.4, -0.2) is 17.0 Å². The molecule has 0 heterocycles. The molecule has 2 N–H and O–H groups in total. The molecule has 0 aromatic heterocycles. The van der Waals surface area contributed by atoms with Gasteiger partial charge in [-0.3, -0.25) is 9.59 Å². The van der Waals surface area contributed by atoms with Crippen LogP contribution in [-0.2, 0) is 23.9 Å². The van der Waals surface area contributed by atoms with Crippen molar-refractivity contribution in [3.8, 4) is 11.1 Å². The number of nitrogens with one attached hydrogen (secondary N) is 1. The van der Waals surface area contributed by atoms with Crippen LogP contribution in [0.25, 0.3) is 11.1 Å². The van der Waals surface area contributed by atoms with E-state index in [4.69, 9.17) is 5.11 Å². The number of halogens is 4. The zero-order chi connectivity index (χ0) is 22.6. The van der Waals surface area contributed by atoms with Gasteiger partial charge >= 0.3 is 12.1 Å². The summed E-state index contributed by atoms with van der Waals surface area (Å²) in [6.07, 6.45) is -4.81. The maximum Gasteiger partial charge on any atom is 0.416 e. The van der Waals surface area contributed by atoms with Crippen molar-refractivity contribution in [2.75, 3.05) is 0 Å². The minimum atomic E-state index is -4.70. The van der Waals surface area contributed by atoms with Gasteiger partial charge in [0.2, 0.25) is 0 Å². The molecule has 0 atom stereocenters. The summed E-state index contributed by atoms with van der Waals surface area (Å²) in [5, 5.41) is 11.4. The molecule has 0 aliphatic rings. The predicted molar refractivity (Wildman–Crippen MR) is 106 cm³/mol. The molecule has 0 bridgehead atoms. The van der Waals surface area contributed by atoms with Crippen LogP contribution in [0.15, 0.2) is 66.7 Å². The molecule has 0 aliphatic heterocycles. The summed E-state index contributed by atoms with van der Waals surface area (Å²) in [5.74, 6) is -3.03. The molecule has 0 spiro atoms. The fourth-order valence-corrected chi connectivity index (χ4v) is 3.05. The number of hydrogen-bond acceptors (Lipinski definition) is 2. The molecular formula is C23H17F4NO3. The molecule has 160 valence electrons. The van der Waals surface area contributed by atoms with E-state index in [1.807, 2.05) is 12.1 Å². The summed E-state index contributed by atoms with van der Waals surface area (Å²) in [5.41, 5.74) is 1.26. The Morgan fingerprint density at radius 2 is 1.48 bits per heavy atom. The zero-order valence-electron chi connectivity index (χ0n) is 16.0. The predicted octanol–water partition coefficient (Wildman–Crippen LogP) is 5.07. The second-order valence-electron chi connectivity index (χ2n) is 6.85. The molecule has 1 amide bonds. The summed E-state index contributed by atoms with van der Waals surface area (Å²) in [7, 11) is 0. The quantitative estimate of drug-likeness (QED) is 0.536.